The SMILES string of the molecule is CC(CCNC(=O)C1(O)CCSC1)c1cccc(C(F)(F)F)c1. The van der Waals surface area contributed by atoms with Crippen molar-refractivity contribution in [1.82, 2.24) is 5.32 Å². The molecule has 2 unspecified atom stereocenters. The summed E-state index contributed by atoms with van der Waals surface area (Å²) in [7, 11) is 0. The monoisotopic (exact) mass is 347 g/mol. The summed E-state index contributed by atoms with van der Waals surface area (Å²) < 4.78 is 38.2. The van der Waals surface area contributed by atoms with Crippen LogP contribution in [0, 0.1) is 0 Å². The first-order valence-electron chi connectivity index (χ1n) is 7.48. The number of hydrogen-bond donors (Lipinski definition) is 2. The number of carbonyl (C=O) groups excluding carboxylic acids is 1. The topological polar surface area (TPSA) is 49.3 Å². The van der Waals surface area contributed by atoms with Gasteiger partial charge in [0.05, 0.1) is 5.56 Å². The second-order valence-electron chi connectivity index (χ2n) is 5.90. The summed E-state index contributed by atoms with van der Waals surface area (Å²) in [6.45, 7) is 2.14. The summed E-state index contributed by atoms with van der Waals surface area (Å²) in [6.07, 6.45) is -3.41. The van der Waals surface area contributed by atoms with Crippen molar-refractivity contribution < 1.29 is 23.1 Å². The number of carbonyl (C=O) groups is 1. The lowest BCUT2D eigenvalue weighted by atomic mass is 9.95. The second kappa shape index (κ2) is 7.13. The number of aliphatic hydroxyl groups is 1. The lowest BCUT2D eigenvalue weighted by Crippen LogP contribution is -2.47. The van der Waals surface area contributed by atoms with Gasteiger partial charge >= 0.3 is 6.18 Å². The minimum atomic E-state index is -4.35. The van der Waals surface area contributed by atoms with Crippen LogP contribution >= 0.6 is 11.8 Å². The van der Waals surface area contributed by atoms with Crippen molar-refractivity contribution in [1.29, 1.82) is 0 Å². The Morgan fingerprint density at radius 2 is 2.22 bits per heavy atom. The molecule has 0 spiro atoms. The van der Waals surface area contributed by atoms with E-state index in [9.17, 15) is 23.1 Å². The van der Waals surface area contributed by atoms with Crippen LogP contribution < -0.4 is 5.32 Å². The van der Waals surface area contributed by atoms with E-state index >= 15 is 0 Å². The third kappa shape index (κ3) is 4.64. The van der Waals surface area contributed by atoms with Crippen LogP contribution in [0.1, 0.15) is 36.8 Å². The van der Waals surface area contributed by atoms with Crippen LogP contribution in [-0.2, 0) is 11.0 Å². The van der Waals surface area contributed by atoms with Gasteiger partial charge in [0, 0.05) is 12.3 Å². The van der Waals surface area contributed by atoms with E-state index in [-0.39, 0.29) is 5.92 Å². The number of thioether (sulfide) groups is 1. The highest BCUT2D eigenvalue weighted by molar-refractivity contribution is 7.99. The van der Waals surface area contributed by atoms with Gasteiger partial charge in [-0.2, -0.15) is 24.9 Å². The third-order valence-electron chi connectivity index (χ3n) is 4.07. The van der Waals surface area contributed by atoms with Crippen LogP contribution in [0.25, 0.3) is 0 Å². The summed E-state index contributed by atoms with van der Waals surface area (Å²) in [5.41, 5.74) is -1.38. The van der Waals surface area contributed by atoms with Crippen molar-refractivity contribution in [3.05, 3.63) is 35.4 Å². The average Bonchev–Trinajstić information content (AvgIpc) is 2.94. The molecule has 1 aliphatic heterocycles. The first-order chi connectivity index (χ1) is 10.7. The number of amides is 1. The van der Waals surface area contributed by atoms with E-state index in [0.717, 1.165) is 17.9 Å². The fraction of sp³-hybridized carbons (Fsp3) is 0.562. The number of alkyl halides is 3. The molecule has 1 fully saturated rings. The predicted octanol–water partition coefficient (Wildman–Crippen LogP) is 3.18. The maximum Gasteiger partial charge on any atom is 0.416 e. The van der Waals surface area contributed by atoms with E-state index in [1.807, 2.05) is 6.92 Å². The standard InChI is InChI=1S/C16H20F3NO2S/c1-11(12-3-2-4-13(9-12)16(17,18)19)5-7-20-14(21)15(22)6-8-23-10-15/h2-4,9,11,22H,5-8,10H2,1H3,(H,20,21). The van der Waals surface area contributed by atoms with Gasteiger partial charge in [-0.25, -0.2) is 0 Å². The van der Waals surface area contributed by atoms with Gasteiger partial charge in [0.25, 0.3) is 5.91 Å². The molecular weight excluding hydrogens is 327 g/mol. The fourth-order valence-electron chi connectivity index (χ4n) is 2.49. The molecule has 2 N–H and O–H groups in total. The molecule has 0 aromatic heterocycles. The van der Waals surface area contributed by atoms with E-state index in [0.29, 0.717) is 30.7 Å². The zero-order valence-electron chi connectivity index (χ0n) is 12.8. The number of rotatable bonds is 5. The molecule has 1 aromatic rings. The molecule has 2 atom stereocenters. The molecule has 1 aromatic carbocycles. The van der Waals surface area contributed by atoms with E-state index in [1.165, 1.54) is 17.8 Å². The van der Waals surface area contributed by atoms with Crippen LogP contribution in [0.15, 0.2) is 24.3 Å². The Kier molecular flexibility index (Phi) is 5.62. The highest BCUT2D eigenvalue weighted by Gasteiger charge is 2.39. The van der Waals surface area contributed by atoms with Crippen LogP contribution in [0.5, 0.6) is 0 Å². The average molecular weight is 347 g/mol. The Morgan fingerprint density at radius 1 is 1.48 bits per heavy atom. The summed E-state index contributed by atoms with van der Waals surface area (Å²) >= 11 is 1.53. The summed E-state index contributed by atoms with van der Waals surface area (Å²) in [5.74, 6) is 0.635. The molecule has 0 bridgehead atoms. The van der Waals surface area contributed by atoms with Crippen molar-refractivity contribution in [3.8, 4) is 0 Å². The Labute approximate surface area is 137 Å². The third-order valence-corrected chi connectivity index (χ3v) is 5.24. The zero-order chi connectivity index (χ0) is 17.1. The second-order valence-corrected chi connectivity index (χ2v) is 7.01. The van der Waals surface area contributed by atoms with Crippen molar-refractivity contribution in [2.75, 3.05) is 18.1 Å². The Bertz CT molecular complexity index is 557. The molecule has 23 heavy (non-hydrogen) atoms. The summed E-state index contributed by atoms with van der Waals surface area (Å²) in [4.78, 5) is 11.9. The molecule has 0 saturated carbocycles. The molecule has 7 heteroatoms. The van der Waals surface area contributed by atoms with E-state index in [1.54, 1.807) is 6.07 Å². The lowest BCUT2D eigenvalue weighted by Gasteiger charge is -2.21. The molecule has 3 nitrogen and oxygen atoms in total. The predicted molar refractivity (Wildman–Crippen MR) is 84.4 cm³/mol. The Hall–Kier alpha value is -1.21. The van der Waals surface area contributed by atoms with Crippen LogP contribution in [0.2, 0.25) is 0 Å². The van der Waals surface area contributed by atoms with Crippen LogP contribution in [0.3, 0.4) is 0 Å². The van der Waals surface area contributed by atoms with Crippen molar-refractivity contribution in [3.63, 3.8) is 0 Å². The van der Waals surface area contributed by atoms with Gasteiger partial charge in [0.2, 0.25) is 0 Å². The molecule has 0 radical (unpaired) electrons. The van der Waals surface area contributed by atoms with Crippen LogP contribution in [-0.4, -0.2) is 34.7 Å². The highest BCUT2D eigenvalue weighted by atomic mass is 32.2. The quantitative estimate of drug-likeness (QED) is 0.860. The molecule has 128 valence electrons. The van der Waals surface area contributed by atoms with Crippen LogP contribution in [0.4, 0.5) is 13.2 Å². The molecule has 1 amide bonds. The highest BCUT2D eigenvalue weighted by Crippen LogP contribution is 2.32. The smallest absolute Gasteiger partial charge is 0.379 e. The maximum atomic E-state index is 12.7. The van der Waals surface area contributed by atoms with Gasteiger partial charge in [0.1, 0.15) is 0 Å². The fourth-order valence-corrected chi connectivity index (χ4v) is 3.73. The Morgan fingerprint density at radius 3 is 2.83 bits per heavy atom. The summed E-state index contributed by atoms with van der Waals surface area (Å²) in [6, 6.07) is 5.24. The molecule has 1 saturated heterocycles. The lowest BCUT2D eigenvalue weighted by molar-refractivity contribution is -0.138. The van der Waals surface area contributed by atoms with Crippen molar-refractivity contribution in [2.45, 2.75) is 37.5 Å². The number of benzene rings is 1. The van der Waals surface area contributed by atoms with Crippen molar-refractivity contribution in [2.24, 2.45) is 0 Å². The minimum Gasteiger partial charge on any atom is -0.379 e. The van der Waals surface area contributed by atoms with Gasteiger partial charge < -0.3 is 10.4 Å². The first-order valence-corrected chi connectivity index (χ1v) is 8.63. The van der Waals surface area contributed by atoms with Gasteiger partial charge in [-0.05, 0) is 36.1 Å². The molecule has 0 aliphatic carbocycles. The molecule has 1 aliphatic rings. The maximum absolute atomic E-state index is 12.7. The van der Waals surface area contributed by atoms with E-state index in [4.69, 9.17) is 0 Å². The largest absolute Gasteiger partial charge is 0.416 e. The normalized spacial score (nSPS) is 22.8. The number of nitrogens with one attached hydrogen (secondary N) is 1. The van der Waals surface area contributed by atoms with Gasteiger partial charge in [0.15, 0.2) is 5.60 Å². The van der Waals surface area contributed by atoms with E-state index in [2.05, 4.69) is 5.32 Å². The number of halogens is 3. The van der Waals surface area contributed by atoms with Gasteiger partial charge in [-0.3, -0.25) is 4.79 Å². The van der Waals surface area contributed by atoms with Gasteiger partial charge in [-0.1, -0.05) is 25.1 Å². The zero-order valence-corrected chi connectivity index (χ0v) is 13.6. The molecular formula is C16H20F3NO2S. The van der Waals surface area contributed by atoms with E-state index < -0.39 is 23.2 Å². The molecule has 1 heterocycles. The minimum absolute atomic E-state index is 0.120. The van der Waals surface area contributed by atoms with Gasteiger partial charge in [-0.15, -0.1) is 0 Å². The molecule has 2 rings (SSSR count). The van der Waals surface area contributed by atoms with Crippen molar-refractivity contribution >= 4 is 17.7 Å². The summed E-state index contributed by atoms with van der Waals surface area (Å²) in [5, 5.41) is 12.8. The first kappa shape index (κ1) is 18.1. The number of hydrogen-bond acceptors (Lipinski definition) is 3. The Balaban J connectivity index is 1.88.